The summed E-state index contributed by atoms with van der Waals surface area (Å²) in [6, 6.07) is -1.92. The Balaban J connectivity index is -0.0000000450. The van der Waals surface area contributed by atoms with Gasteiger partial charge in [-0.15, -0.1) is 12.4 Å². The van der Waals surface area contributed by atoms with Crippen molar-refractivity contribution in [3.63, 3.8) is 0 Å². The molecular weight excluding hydrogens is 1580 g/mol. The largest absolute Gasteiger partial charge is 1.00 e. The minimum atomic E-state index is -3.67. The number of nitrogens with zero attached hydrogens (tertiary/aromatic N) is 10. The molecule has 3 amide bonds. The molecule has 0 fully saturated rings. The fraction of sp³-hybridized carbons (Fsp3) is 0.704. The third kappa shape index (κ3) is 121. The number of carbonyl (C=O) groups is 11. The van der Waals surface area contributed by atoms with Crippen molar-refractivity contribution in [3.8, 4) is 0 Å². The van der Waals surface area contributed by atoms with Gasteiger partial charge in [0.05, 0.1) is 31.0 Å². The maximum atomic E-state index is 11.1. The van der Waals surface area contributed by atoms with Gasteiger partial charge in [-0.25, -0.2) is 66.5 Å². The number of carboxylic acids is 1. The fourth-order valence-corrected chi connectivity index (χ4v) is 4.17. The van der Waals surface area contributed by atoms with Crippen LogP contribution in [0.3, 0.4) is 0 Å². The maximum Gasteiger partial charge on any atom is 1.00 e. The SMILES string of the molecule is C.C.C.C.C.C.C.C.C.CC(=N)CN[C@@H](C)C(C)=O.CC(=O)/C(C)=N/NC(=O)OC(C)(C)C.CC(=O)C(C)=O.CC(=O)[C@H](C)NN.CC(=O)[C@H](C)NNC(=O)OC(C)(C)C.CC(=O)[C@H](C)n1cnc(C)n1.CC(C)(C)OC(=O)NN.CCOC(C)=N.CS(=O)(=O)O.Cc1ncn([C@@H](C)C(=O)O)n1.Cc1ncn([C@@H](C)[C-]=O)n1.Cl.S.[Li+].[OH-]. The Morgan fingerprint density at radius 3 is 1.07 bits per heavy atom. The number of ketones is 7. The van der Waals surface area contributed by atoms with Gasteiger partial charge in [-0.1, -0.05) is 73.8 Å². The predicted molar refractivity (Wildman–Crippen MR) is 465 cm³/mol. The van der Waals surface area contributed by atoms with E-state index in [1.807, 2.05) is 12.3 Å². The number of halogens is 1. The van der Waals surface area contributed by atoms with Gasteiger partial charge < -0.3 is 45.1 Å². The number of aryl methyl sites for hydroxylation is 3. The van der Waals surface area contributed by atoms with Crippen LogP contribution < -0.4 is 63.0 Å². The molecular formula is C71H157ClLiN20O21S2-. The predicted octanol–water partition coefficient (Wildman–Crippen LogP) is 7.88. The number of rotatable bonds is 19. The number of aliphatic carboxylic acids is 1. The number of hydrazone groups is 1. The molecule has 45 heteroatoms. The Bertz CT molecular complexity index is 3170. The van der Waals surface area contributed by atoms with E-state index >= 15 is 0 Å². The van der Waals surface area contributed by atoms with Crippen LogP contribution in [0.1, 0.15) is 282 Å². The Hall–Kier alpha value is -8.22. The first kappa shape index (κ1) is 163. The van der Waals surface area contributed by atoms with Crippen molar-refractivity contribution < 1.29 is 119 Å². The molecule has 0 bridgehead atoms. The molecule has 0 saturated carbocycles. The van der Waals surface area contributed by atoms with Gasteiger partial charge in [0, 0.05) is 40.0 Å². The Kier molecular flexibility index (Phi) is 123. The number of Topliss-reactive ketones (excluding diaryl/α,β-unsaturated/α-hetero) is 7. The number of nitrogens with one attached hydrogen (secondary N) is 8. The smallest absolute Gasteiger partial charge is 0.870 e. The van der Waals surface area contributed by atoms with Gasteiger partial charge in [-0.05, 0) is 172 Å². The average molecular weight is 1730 g/mol. The molecule has 0 aliphatic rings. The fourth-order valence-electron chi connectivity index (χ4n) is 4.17. The summed E-state index contributed by atoms with van der Waals surface area (Å²) in [5, 5.41) is 40.5. The number of hydrogen-bond acceptors (Lipinski definition) is 33. The summed E-state index contributed by atoms with van der Waals surface area (Å²) in [4.78, 5) is 137. The molecule has 688 valence electrons. The van der Waals surface area contributed by atoms with Crippen molar-refractivity contribution >= 4 is 124 Å². The van der Waals surface area contributed by atoms with Gasteiger partial charge in [0.15, 0.2) is 29.0 Å². The van der Waals surface area contributed by atoms with Gasteiger partial charge in [-0.3, -0.25) is 70.3 Å². The Morgan fingerprint density at radius 1 is 0.560 bits per heavy atom. The number of ether oxygens (including phenoxy) is 4. The molecule has 6 atom stereocenters. The molecule has 3 aromatic rings. The number of amides is 3. The van der Waals surface area contributed by atoms with E-state index in [9.17, 15) is 66.0 Å². The van der Waals surface area contributed by atoms with E-state index in [0.717, 1.165) is 0 Å². The van der Waals surface area contributed by atoms with Crippen molar-refractivity contribution in [2.24, 2.45) is 16.8 Å². The molecule has 0 saturated heterocycles. The zero-order valence-corrected chi connectivity index (χ0v) is 70.4. The van der Waals surface area contributed by atoms with Crippen LogP contribution in [0.4, 0.5) is 14.4 Å². The minimum Gasteiger partial charge on any atom is -0.870 e. The monoisotopic (exact) mass is 1730 g/mol. The third-order valence-electron chi connectivity index (χ3n) is 10.3. The van der Waals surface area contributed by atoms with E-state index in [2.05, 4.69) is 67.1 Å². The number of carboxylic acid groups (broad SMARTS) is 1. The molecule has 116 heavy (non-hydrogen) atoms. The Labute approximate surface area is 720 Å². The summed E-state index contributed by atoms with van der Waals surface area (Å²) in [6.07, 6.45) is 5.15. The molecule has 3 rings (SSSR count). The zero-order chi connectivity index (χ0) is 83.3. The van der Waals surface area contributed by atoms with E-state index < -0.39 is 63.3 Å². The van der Waals surface area contributed by atoms with Crippen LogP contribution in [-0.2, 0) is 72.2 Å². The second kappa shape index (κ2) is 87.6. The van der Waals surface area contributed by atoms with E-state index in [1.54, 1.807) is 163 Å². The van der Waals surface area contributed by atoms with Gasteiger partial charge >= 0.3 is 43.1 Å². The van der Waals surface area contributed by atoms with Crippen molar-refractivity contribution in [1.29, 1.82) is 10.8 Å². The van der Waals surface area contributed by atoms with Crippen LogP contribution in [0, 0.1) is 31.6 Å². The van der Waals surface area contributed by atoms with Crippen LogP contribution in [0.5, 0.6) is 0 Å². The first-order valence-electron chi connectivity index (χ1n) is 31.1. The molecule has 0 aromatic carbocycles. The summed E-state index contributed by atoms with van der Waals surface area (Å²) in [5.74, 6) is 10.2. The number of aromatic nitrogens is 9. The molecule has 0 aliphatic carbocycles. The topological polar surface area (TPSA) is 623 Å². The van der Waals surface area contributed by atoms with Crippen molar-refractivity contribution in [2.75, 3.05) is 19.4 Å². The van der Waals surface area contributed by atoms with Crippen LogP contribution in [0.15, 0.2) is 24.1 Å². The zero-order valence-electron chi connectivity index (χ0n) is 67.7. The summed E-state index contributed by atoms with van der Waals surface area (Å²) in [5.41, 5.74) is 10.3. The Morgan fingerprint density at radius 2 is 0.871 bits per heavy atom. The molecule has 3 heterocycles. The number of hydrazine groups is 3. The van der Waals surface area contributed by atoms with Crippen LogP contribution >= 0.6 is 25.9 Å². The molecule has 3 aromatic heterocycles. The molecule has 15 N–H and O–H groups in total. The molecule has 0 unspecified atom stereocenters. The van der Waals surface area contributed by atoms with Crippen molar-refractivity contribution in [3.05, 3.63) is 36.5 Å². The van der Waals surface area contributed by atoms with Crippen LogP contribution in [0.2, 0.25) is 0 Å². The number of carbonyl (C=O) groups excluding carboxylic acids is 11. The van der Waals surface area contributed by atoms with E-state index in [-0.39, 0.29) is 193 Å². The van der Waals surface area contributed by atoms with Crippen LogP contribution in [-0.4, -0.2) is 211 Å². The summed E-state index contributed by atoms with van der Waals surface area (Å²) in [7, 11) is -3.67. The van der Waals surface area contributed by atoms with Gasteiger partial charge in [0.25, 0.3) is 10.1 Å². The maximum absolute atomic E-state index is 11.1. The standard InChI is InChI=1S/C9H18N2O3.C9H16N2O3.C7H11N3O.C7H14N2O.C6H9N3O2.C6H8N3O.C5H12N2O2.C4H10N2O.C4H9NO.C4H6O2.CH4O3S.9CH4.ClH.Li.H2O.H2S/c2*1-6(7(2)12)10-11-8(13)14-9(3,4)5;1-5(6(2)11)10-4-8-7(3)9-10;1-5(8)4-9-6(2)7(3)10;1-4(6(10)11)9-3-7-5(2)8-9;1-5(3-10)9-4-7-6(2)8-9;1-5(2,3)9-4(8)7-6;1-3(6-5)4(2)7;1-3-6-4(2)5;1-3(5)4(2)6;1-5(2,3)4;;;;;;;;;;;;;/h6,10H,1-5H3,(H,11,13);1-5H3,(H,11,13);4-5H,1-3H3;6,8-9H,4H2,1-3H3;3-4H,1-2H3,(H,10,11);4-5H,1-2H3;6H2,1-3H3,(H,7,8);3,6H,5H2,1-2H3;5H,3H2,1-2H3;1-2H3;1H3,(H,2,3,4);9*1H4;1H;;2*1H2/q;;;;;-1;;;;;;;;;;;;;;;;+1;;/p-1/b;10-6+;;;;;;;;;;;;;;;;;;;;;;/t6-;;5-;6-;4-;5-;;3-;;;;;;;;;;;;;;;;/m0.0000.0................/s1. The van der Waals surface area contributed by atoms with Crippen molar-refractivity contribution in [1.82, 2.24) is 76.7 Å². The summed E-state index contributed by atoms with van der Waals surface area (Å²) in [6.45, 7) is 49.0. The third-order valence-corrected chi connectivity index (χ3v) is 10.3. The second-order valence-electron chi connectivity index (χ2n) is 24.4. The first-order chi connectivity index (χ1) is 46.5. The van der Waals surface area contributed by atoms with E-state index in [0.29, 0.717) is 42.6 Å². The summed E-state index contributed by atoms with van der Waals surface area (Å²) >= 11 is 0. The van der Waals surface area contributed by atoms with Gasteiger partial charge in [0.2, 0.25) is 0 Å². The molecule has 0 aliphatic heterocycles. The van der Waals surface area contributed by atoms with Crippen molar-refractivity contribution in [2.45, 2.75) is 321 Å². The second-order valence-corrected chi connectivity index (χ2v) is 25.8. The van der Waals surface area contributed by atoms with E-state index in [1.165, 1.54) is 70.5 Å². The van der Waals surface area contributed by atoms with Crippen LogP contribution in [0.25, 0.3) is 0 Å². The molecule has 0 spiro atoms. The number of nitrogens with two attached hydrogens (primary N) is 2. The average Bonchev–Trinajstić information content (AvgIpc) is 1.76. The van der Waals surface area contributed by atoms with Gasteiger partial charge in [-0.2, -0.15) is 42.3 Å². The van der Waals surface area contributed by atoms with E-state index in [4.69, 9.17) is 46.4 Å². The molecule has 41 nitrogen and oxygen atoms in total. The first-order valence-corrected chi connectivity index (χ1v) is 32.9. The normalized spacial score (nSPS) is 10.7. The minimum absolute atomic E-state index is 0. The quantitative estimate of drug-likeness (QED) is 0.00518. The van der Waals surface area contributed by atoms with Gasteiger partial charge in [0.1, 0.15) is 88.4 Å². The number of hydrogen-bond donors (Lipinski definition) is 12. The molecule has 0 radical (unpaired) electrons. The summed E-state index contributed by atoms with van der Waals surface area (Å²) < 4.78 is 49.4.